The summed E-state index contributed by atoms with van der Waals surface area (Å²) >= 11 is 0. The van der Waals surface area contributed by atoms with E-state index in [4.69, 9.17) is 0 Å². The number of aliphatic hydroxyl groups excluding tert-OH is 1. The second-order valence-electron chi connectivity index (χ2n) is 11.7. The van der Waals surface area contributed by atoms with Crippen molar-refractivity contribution in [3.63, 3.8) is 0 Å². The minimum absolute atomic E-state index is 0.0574. The van der Waals surface area contributed by atoms with E-state index in [1.54, 1.807) is 35.9 Å². The first-order valence-corrected chi connectivity index (χ1v) is 13.7. The molecule has 1 saturated carbocycles. The first-order valence-electron chi connectivity index (χ1n) is 13.7. The molecule has 212 valence electrons. The Labute approximate surface area is 226 Å². The number of halogens is 3. The molecule has 0 unspecified atom stereocenters. The number of urea groups is 1. The van der Waals surface area contributed by atoms with E-state index in [9.17, 15) is 27.9 Å². The van der Waals surface area contributed by atoms with Crippen LogP contribution in [0.15, 0.2) is 30.5 Å². The number of aliphatic hydroxyl groups is 1. The van der Waals surface area contributed by atoms with Crippen LogP contribution < -0.4 is 5.32 Å². The van der Waals surface area contributed by atoms with Crippen LogP contribution in [0.25, 0.3) is 0 Å². The van der Waals surface area contributed by atoms with Gasteiger partial charge in [0.2, 0.25) is 0 Å². The molecule has 3 amide bonds. The molecule has 1 aromatic carbocycles. The van der Waals surface area contributed by atoms with Crippen molar-refractivity contribution in [2.45, 2.75) is 75.5 Å². The Hall–Kier alpha value is -3.08. The molecular weight excluding hydrogens is 511 g/mol. The lowest BCUT2D eigenvalue weighted by Crippen LogP contribution is -2.53. The number of nitrogens with zero attached hydrogens (tertiary/aromatic N) is 4. The molecule has 1 atom stereocenters. The minimum atomic E-state index is -4.43. The molecule has 3 heterocycles. The van der Waals surface area contributed by atoms with E-state index >= 15 is 0 Å². The van der Waals surface area contributed by atoms with Crippen LogP contribution in [-0.4, -0.2) is 74.9 Å². The van der Waals surface area contributed by atoms with Gasteiger partial charge in [-0.25, -0.2) is 4.79 Å². The Morgan fingerprint density at radius 3 is 2.31 bits per heavy atom. The Balaban J connectivity index is 1.28. The molecule has 3 fully saturated rings. The maximum Gasteiger partial charge on any atom is 0.416 e. The molecule has 5 rings (SSSR count). The van der Waals surface area contributed by atoms with Crippen molar-refractivity contribution in [1.29, 1.82) is 0 Å². The third-order valence-corrected chi connectivity index (χ3v) is 8.15. The van der Waals surface area contributed by atoms with Crippen LogP contribution in [0.2, 0.25) is 0 Å². The Bertz CT molecular complexity index is 1220. The van der Waals surface area contributed by atoms with E-state index < -0.39 is 17.3 Å². The van der Waals surface area contributed by atoms with Gasteiger partial charge in [-0.2, -0.15) is 18.3 Å². The van der Waals surface area contributed by atoms with Crippen molar-refractivity contribution in [2.24, 2.45) is 0 Å². The fourth-order valence-corrected chi connectivity index (χ4v) is 5.79. The molecule has 3 aliphatic rings. The number of aromatic nitrogens is 2. The summed E-state index contributed by atoms with van der Waals surface area (Å²) in [6, 6.07) is 5.49. The highest BCUT2D eigenvalue weighted by molar-refractivity contribution is 5.95. The van der Waals surface area contributed by atoms with Crippen LogP contribution in [0.4, 0.5) is 18.0 Å². The standard InChI is InChI=1S/C28H36F3N5O3/c1-27(2,17-37)33-26(39)34-13-10-20(11-14-34)36-24(18-7-8-18)22(15-32-36)25(38)35-12-9-19(16-35)21-5-3-4-6-23(21)28(29,30)31/h3-6,15,18-20,37H,7-14,16-17H2,1-2H3,(H,33,39)/t19-/m1/s1. The van der Waals surface area contributed by atoms with Crippen molar-refractivity contribution in [2.75, 3.05) is 32.8 Å². The summed E-state index contributed by atoms with van der Waals surface area (Å²) < 4.78 is 42.7. The molecule has 0 radical (unpaired) electrons. The molecule has 11 heteroatoms. The summed E-state index contributed by atoms with van der Waals surface area (Å²) in [6.07, 6.45) is 1.02. The number of hydrogen-bond acceptors (Lipinski definition) is 4. The SMILES string of the molecule is CC(C)(CO)NC(=O)N1CCC(n2ncc(C(=O)N3CC[C@@H](c4ccccc4C(F)(F)F)C3)c2C2CC2)CC1. The van der Waals surface area contributed by atoms with Gasteiger partial charge in [0.05, 0.1) is 41.2 Å². The lowest BCUT2D eigenvalue weighted by Gasteiger charge is -2.35. The highest BCUT2D eigenvalue weighted by Crippen LogP contribution is 2.44. The summed E-state index contributed by atoms with van der Waals surface area (Å²) in [6.45, 7) is 5.10. The van der Waals surface area contributed by atoms with Crippen molar-refractivity contribution in [3.05, 3.63) is 52.8 Å². The lowest BCUT2D eigenvalue weighted by atomic mass is 9.93. The highest BCUT2D eigenvalue weighted by atomic mass is 19.4. The maximum atomic E-state index is 13.6. The van der Waals surface area contributed by atoms with Crippen LogP contribution in [0, 0.1) is 0 Å². The number of alkyl halides is 3. The number of nitrogens with one attached hydrogen (secondary N) is 1. The molecule has 2 N–H and O–H groups in total. The summed E-state index contributed by atoms with van der Waals surface area (Å²) in [5.74, 6) is -0.279. The van der Waals surface area contributed by atoms with Crippen LogP contribution in [-0.2, 0) is 6.18 Å². The summed E-state index contributed by atoms with van der Waals surface area (Å²) in [5.41, 5.74) is 0.385. The van der Waals surface area contributed by atoms with E-state index in [1.165, 1.54) is 12.1 Å². The van der Waals surface area contributed by atoms with Gasteiger partial charge < -0.3 is 20.2 Å². The quantitative estimate of drug-likeness (QED) is 0.556. The van der Waals surface area contributed by atoms with Crippen molar-refractivity contribution in [3.8, 4) is 0 Å². The van der Waals surface area contributed by atoms with Crippen molar-refractivity contribution < 1.29 is 27.9 Å². The number of amides is 3. The normalized spacial score (nSPS) is 20.9. The molecule has 2 aliphatic heterocycles. The minimum Gasteiger partial charge on any atom is -0.394 e. The molecule has 8 nitrogen and oxygen atoms in total. The average Bonchev–Trinajstić information content (AvgIpc) is 3.45. The van der Waals surface area contributed by atoms with Crippen molar-refractivity contribution in [1.82, 2.24) is 24.9 Å². The number of carbonyl (C=O) groups is 2. The van der Waals surface area contributed by atoms with E-state index in [-0.39, 0.29) is 48.5 Å². The summed E-state index contributed by atoms with van der Waals surface area (Å²) in [5, 5.41) is 16.9. The van der Waals surface area contributed by atoms with Crippen LogP contribution in [0.5, 0.6) is 0 Å². The summed E-state index contributed by atoms with van der Waals surface area (Å²) in [4.78, 5) is 29.6. The molecule has 0 spiro atoms. The fraction of sp³-hybridized carbons (Fsp3) is 0.607. The molecular formula is C28H36F3N5O3. The fourth-order valence-electron chi connectivity index (χ4n) is 5.79. The number of carbonyl (C=O) groups excluding carboxylic acids is 2. The number of hydrogen-bond donors (Lipinski definition) is 2. The smallest absolute Gasteiger partial charge is 0.394 e. The molecule has 39 heavy (non-hydrogen) atoms. The van der Waals surface area contributed by atoms with Crippen LogP contribution in [0.1, 0.15) is 91.0 Å². The third-order valence-electron chi connectivity index (χ3n) is 8.15. The first-order chi connectivity index (χ1) is 18.5. The predicted octanol–water partition coefficient (Wildman–Crippen LogP) is 4.53. The number of rotatable bonds is 6. The van der Waals surface area contributed by atoms with Crippen molar-refractivity contribution >= 4 is 11.9 Å². The predicted molar refractivity (Wildman–Crippen MR) is 138 cm³/mol. The molecule has 2 saturated heterocycles. The zero-order valence-corrected chi connectivity index (χ0v) is 22.4. The zero-order chi connectivity index (χ0) is 27.9. The number of likely N-dealkylation sites (tertiary alicyclic amines) is 2. The first kappa shape index (κ1) is 27.5. The molecule has 0 bridgehead atoms. The topological polar surface area (TPSA) is 90.7 Å². The van der Waals surface area contributed by atoms with E-state index in [1.807, 2.05) is 4.68 Å². The second-order valence-corrected chi connectivity index (χ2v) is 11.7. The molecule has 1 aromatic heterocycles. The zero-order valence-electron chi connectivity index (χ0n) is 22.4. The average molecular weight is 548 g/mol. The van der Waals surface area contributed by atoms with Gasteiger partial charge in [-0.05, 0) is 57.6 Å². The van der Waals surface area contributed by atoms with E-state index in [2.05, 4.69) is 10.4 Å². The van der Waals surface area contributed by atoms with E-state index in [0.29, 0.717) is 44.5 Å². The maximum absolute atomic E-state index is 13.6. The Kier molecular flexibility index (Phi) is 7.39. The van der Waals surface area contributed by atoms with E-state index in [0.717, 1.165) is 24.6 Å². The Morgan fingerprint density at radius 1 is 1.00 bits per heavy atom. The van der Waals surface area contributed by atoms with Gasteiger partial charge in [0.15, 0.2) is 0 Å². The summed E-state index contributed by atoms with van der Waals surface area (Å²) in [7, 11) is 0. The van der Waals surface area contributed by atoms with Gasteiger partial charge in [0.1, 0.15) is 0 Å². The van der Waals surface area contributed by atoms with Gasteiger partial charge in [-0.1, -0.05) is 18.2 Å². The lowest BCUT2D eigenvalue weighted by molar-refractivity contribution is -0.138. The van der Waals surface area contributed by atoms with Crippen LogP contribution >= 0.6 is 0 Å². The third kappa shape index (κ3) is 5.78. The molecule has 2 aromatic rings. The van der Waals surface area contributed by atoms with Gasteiger partial charge in [-0.15, -0.1) is 0 Å². The number of benzene rings is 1. The second kappa shape index (κ2) is 10.5. The van der Waals surface area contributed by atoms with Gasteiger partial charge in [0.25, 0.3) is 5.91 Å². The van der Waals surface area contributed by atoms with Crippen LogP contribution in [0.3, 0.4) is 0 Å². The highest BCUT2D eigenvalue weighted by Gasteiger charge is 2.40. The largest absolute Gasteiger partial charge is 0.416 e. The molecule has 1 aliphatic carbocycles. The monoisotopic (exact) mass is 547 g/mol. The number of piperidine rings is 1. The Morgan fingerprint density at radius 2 is 1.67 bits per heavy atom. The van der Waals surface area contributed by atoms with Gasteiger partial charge >= 0.3 is 12.2 Å². The van der Waals surface area contributed by atoms with Gasteiger partial charge in [-0.3, -0.25) is 9.48 Å². The van der Waals surface area contributed by atoms with Gasteiger partial charge in [0, 0.05) is 38.0 Å².